The lowest BCUT2D eigenvalue weighted by Crippen LogP contribution is -2.55. The van der Waals surface area contributed by atoms with Crippen molar-refractivity contribution in [3.8, 4) is 0 Å². The van der Waals surface area contributed by atoms with E-state index in [4.69, 9.17) is 10.5 Å². The first-order valence-corrected chi connectivity index (χ1v) is 8.78. The van der Waals surface area contributed by atoms with Crippen LogP contribution in [0, 0.1) is 11.8 Å². The molecule has 5 nitrogen and oxygen atoms in total. The maximum Gasteiger partial charge on any atom is 0.237 e. The standard InChI is InChI=1S/C17H30N2O3/c1-2-6-13-10-22-11-15(20)16(13)19-17(21)14(18)9-12-7-4-3-5-8-12/h12-14,16H,2-11,18H2,1H3,(H,19,21)/t13?,14-,16?/m0/s1. The van der Waals surface area contributed by atoms with E-state index in [2.05, 4.69) is 12.2 Å². The van der Waals surface area contributed by atoms with Crippen LogP contribution in [0.5, 0.6) is 0 Å². The van der Waals surface area contributed by atoms with Gasteiger partial charge in [-0.1, -0.05) is 45.4 Å². The van der Waals surface area contributed by atoms with E-state index >= 15 is 0 Å². The van der Waals surface area contributed by atoms with Crippen molar-refractivity contribution in [3.63, 3.8) is 0 Å². The summed E-state index contributed by atoms with van der Waals surface area (Å²) >= 11 is 0. The van der Waals surface area contributed by atoms with Crippen molar-refractivity contribution in [2.45, 2.75) is 70.4 Å². The molecular formula is C17H30N2O3. The Morgan fingerprint density at radius 3 is 2.77 bits per heavy atom. The van der Waals surface area contributed by atoms with Gasteiger partial charge in [-0.3, -0.25) is 9.59 Å². The second kappa shape index (κ2) is 8.63. The lowest BCUT2D eigenvalue weighted by Gasteiger charge is -2.32. The summed E-state index contributed by atoms with van der Waals surface area (Å²) in [5, 5.41) is 2.90. The molecule has 5 heteroatoms. The van der Waals surface area contributed by atoms with Crippen molar-refractivity contribution >= 4 is 11.7 Å². The number of Topliss-reactive ketones (excluding diaryl/α,β-unsaturated/α-hetero) is 1. The van der Waals surface area contributed by atoms with Gasteiger partial charge in [-0.15, -0.1) is 0 Å². The minimum atomic E-state index is -0.499. The number of carbonyl (C=O) groups excluding carboxylic acids is 2. The van der Waals surface area contributed by atoms with E-state index in [0.717, 1.165) is 19.3 Å². The molecule has 3 N–H and O–H groups in total. The summed E-state index contributed by atoms with van der Waals surface area (Å²) in [5.74, 6) is 0.443. The van der Waals surface area contributed by atoms with Crippen LogP contribution < -0.4 is 11.1 Å². The first kappa shape index (κ1) is 17.4. The molecule has 0 radical (unpaired) electrons. The first-order valence-electron chi connectivity index (χ1n) is 8.78. The highest BCUT2D eigenvalue weighted by atomic mass is 16.5. The molecule has 0 bridgehead atoms. The molecular weight excluding hydrogens is 280 g/mol. The van der Waals surface area contributed by atoms with Crippen LogP contribution in [0.2, 0.25) is 0 Å². The van der Waals surface area contributed by atoms with Crippen molar-refractivity contribution in [1.29, 1.82) is 0 Å². The third kappa shape index (κ3) is 4.78. The topological polar surface area (TPSA) is 81.4 Å². The minimum Gasteiger partial charge on any atom is -0.373 e. The Labute approximate surface area is 133 Å². The predicted molar refractivity (Wildman–Crippen MR) is 85.3 cm³/mol. The second-order valence-electron chi connectivity index (χ2n) is 6.86. The highest BCUT2D eigenvalue weighted by molar-refractivity contribution is 5.92. The van der Waals surface area contributed by atoms with Crippen LogP contribution in [0.15, 0.2) is 0 Å². The number of nitrogens with two attached hydrogens (primary N) is 1. The van der Waals surface area contributed by atoms with Crippen LogP contribution in [0.1, 0.15) is 58.3 Å². The molecule has 2 aliphatic rings. The minimum absolute atomic E-state index is 0.0251. The van der Waals surface area contributed by atoms with Crippen molar-refractivity contribution in [1.82, 2.24) is 5.32 Å². The van der Waals surface area contributed by atoms with Crippen LogP contribution in [0.4, 0.5) is 0 Å². The van der Waals surface area contributed by atoms with E-state index in [1.165, 1.54) is 32.1 Å². The highest BCUT2D eigenvalue weighted by Crippen LogP contribution is 2.27. The average Bonchev–Trinajstić information content (AvgIpc) is 2.51. The fourth-order valence-electron chi connectivity index (χ4n) is 3.73. The molecule has 1 heterocycles. The fourth-order valence-corrected chi connectivity index (χ4v) is 3.73. The molecule has 3 atom stereocenters. The van der Waals surface area contributed by atoms with Gasteiger partial charge in [0.15, 0.2) is 5.78 Å². The third-order valence-electron chi connectivity index (χ3n) is 5.00. The number of carbonyl (C=O) groups is 2. The maximum absolute atomic E-state index is 12.4. The van der Waals surface area contributed by atoms with E-state index in [1.54, 1.807) is 0 Å². The Hall–Kier alpha value is -0.940. The van der Waals surface area contributed by atoms with E-state index < -0.39 is 12.1 Å². The lowest BCUT2D eigenvalue weighted by molar-refractivity contribution is -0.138. The Morgan fingerprint density at radius 2 is 2.09 bits per heavy atom. The average molecular weight is 310 g/mol. The molecule has 1 saturated carbocycles. The SMILES string of the molecule is CCCC1COCC(=O)C1NC(=O)[C@@H](N)CC1CCCCC1. The molecule has 0 spiro atoms. The molecule has 1 saturated heterocycles. The summed E-state index contributed by atoms with van der Waals surface area (Å²) in [7, 11) is 0. The molecule has 2 fully saturated rings. The normalized spacial score (nSPS) is 28.4. The quantitative estimate of drug-likeness (QED) is 0.783. The summed E-state index contributed by atoms with van der Waals surface area (Å²) in [4.78, 5) is 24.4. The summed E-state index contributed by atoms with van der Waals surface area (Å²) in [6.45, 7) is 2.72. The van der Waals surface area contributed by atoms with E-state index in [-0.39, 0.29) is 24.2 Å². The number of rotatable bonds is 6. The van der Waals surface area contributed by atoms with Gasteiger partial charge in [-0.05, 0) is 18.8 Å². The Balaban J connectivity index is 1.86. The highest BCUT2D eigenvalue weighted by Gasteiger charge is 2.34. The number of hydrogen-bond donors (Lipinski definition) is 2. The summed E-state index contributed by atoms with van der Waals surface area (Å²) in [6, 6.07) is -0.917. The number of hydrogen-bond acceptors (Lipinski definition) is 4. The van der Waals surface area contributed by atoms with Gasteiger partial charge in [0, 0.05) is 5.92 Å². The van der Waals surface area contributed by atoms with Crippen LogP contribution in [-0.2, 0) is 14.3 Å². The molecule has 0 aromatic rings. The van der Waals surface area contributed by atoms with Crippen LogP contribution in [-0.4, -0.2) is 37.0 Å². The van der Waals surface area contributed by atoms with E-state index in [9.17, 15) is 9.59 Å². The van der Waals surface area contributed by atoms with Gasteiger partial charge in [0.2, 0.25) is 5.91 Å². The van der Waals surface area contributed by atoms with Gasteiger partial charge in [-0.2, -0.15) is 0 Å². The van der Waals surface area contributed by atoms with Gasteiger partial charge in [-0.25, -0.2) is 0 Å². The summed E-state index contributed by atoms with van der Waals surface area (Å²) in [6.07, 6.45) is 8.74. The van der Waals surface area contributed by atoms with E-state index in [0.29, 0.717) is 12.5 Å². The zero-order valence-electron chi connectivity index (χ0n) is 13.7. The van der Waals surface area contributed by atoms with Crippen molar-refractivity contribution in [3.05, 3.63) is 0 Å². The van der Waals surface area contributed by atoms with Crippen molar-refractivity contribution in [2.75, 3.05) is 13.2 Å². The van der Waals surface area contributed by atoms with Gasteiger partial charge in [0.05, 0.1) is 18.7 Å². The zero-order chi connectivity index (χ0) is 15.9. The van der Waals surface area contributed by atoms with Crippen LogP contribution in [0.25, 0.3) is 0 Å². The molecule has 1 aliphatic carbocycles. The number of ketones is 1. The van der Waals surface area contributed by atoms with Gasteiger partial charge in [0.1, 0.15) is 6.61 Å². The van der Waals surface area contributed by atoms with Crippen molar-refractivity contribution < 1.29 is 14.3 Å². The number of ether oxygens (including phenoxy) is 1. The van der Waals surface area contributed by atoms with Gasteiger partial charge < -0.3 is 15.8 Å². The lowest BCUT2D eigenvalue weighted by atomic mass is 9.84. The second-order valence-corrected chi connectivity index (χ2v) is 6.86. The third-order valence-corrected chi connectivity index (χ3v) is 5.00. The van der Waals surface area contributed by atoms with Gasteiger partial charge >= 0.3 is 0 Å². The monoisotopic (exact) mass is 310 g/mol. The molecule has 0 aromatic carbocycles. The Bertz CT molecular complexity index is 378. The molecule has 22 heavy (non-hydrogen) atoms. The first-order chi connectivity index (χ1) is 10.6. The number of nitrogens with one attached hydrogen (secondary N) is 1. The molecule has 0 aromatic heterocycles. The van der Waals surface area contributed by atoms with Crippen molar-refractivity contribution in [2.24, 2.45) is 17.6 Å². The van der Waals surface area contributed by atoms with Crippen LogP contribution in [0.3, 0.4) is 0 Å². The molecule has 1 amide bonds. The largest absolute Gasteiger partial charge is 0.373 e. The predicted octanol–water partition coefficient (Wildman–Crippen LogP) is 1.78. The van der Waals surface area contributed by atoms with Gasteiger partial charge in [0.25, 0.3) is 0 Å². The van der Waals surface area contributed by atoms with E-state index in [1.807, 2.05) is 0 Å². The molecule has 2 rings (SSSR count). The maximum atomic E-state index is 12.4. The fraction of sp³-hybridized carbons (Fsp3) is 0.882. The number of amides is 1. The summed E-state index contributed by atoms with van der Waals surface area (Å²) < 4.78 is 5.31. The summed E-state index contributed by atoms with van der Waals surface area (Å²) in [5.41, 5.74) is 6.08. The Kier molecular flexibility index (Phi) is 6.83. The Morgan fingerprint density at radius 1 is 1.36 bits per heavy atom. The zero-order valence-corrected chi connectivity index (χ0v) is 13.7. The smallest absolute Gasteiger partial charge is 0.237 e. The molecule has 1 aliphatic heterocycles. The van der Waals surface area contributed by atoms with Crippen LogP contribution >= 0.6 is 0 Å². The molecule has 2 unspecified atom stereocenters. The molecule has 126 valence electrons.